The molecule has 0 unspecified atom stereocenters. The third-order valence-electron chi connectivity index (χ3n) is 2.57. The van der Waals surface area contributed by atoms with E-state index in [9.17, 15) is 4.79 Å². The molecule has 3 nitrogen and oxygen atoms in total. The lowest BCUT2D eigenvalue weighted by molar-refractivity contribution is 0.901. The Morgan fingerprint density at radius 3 is 3.00 bits per heavy atom. The van der Waals surface area contributed by atoms with Gasteiger partial charge in [-0.2, -0.15) is 0 Å². The molecule has 0 amide bonds. The standard InChI is InChI=1S/C14H14N2O/c1-2-3-6-9-15-13-10-11-7-4-5-8-12(11)14(17)16-13/h1,4-5,7-8,10H,3,6,9H2,(H2,15,16,17). The summed E-state index contributed by atoms with van der Waals surface area (Å²) in [6.45, 7) is 0.762. The van der Waals surface area contributed by atoms with Gasteiger partial charge in [0.15, 0.2) is 0 Å². The molecule has 2 aromatic rings. The number of nitrogens with one attached hydrogen (secondary N) is 2. The number of H-pyrrole nitrogens is 1. The molecule has 1 aromatic carbocycles. The van der Waals surface area contributed by atoms with Crippen LogP contribution in [0.2, 0.25) is 0 Å². The number of benzene rings is 1. The predicted molar refractivity (Wildman–Crippen MR) is 71.1 cm³/mol. The number of terminal acetylenes is 1. The molecule has 0 saturated heterocycles. The summed E-state index contributed by atoms with van der Waals surface area (Å²) in [6, 6.07) is 9.46. The van der Waals surface area contributed by atoms with E-state index in [0.717, 1.165) is 30.6 Å². The van der Waals surface area contributed by atoms with Crippen molar-refractivity contribution in [1.82, 2.24) is 4.98 Å². The van der Waals surface area contributed by atoms with Gasteiger partial charge >= 0.3 is 0 Å². The highest BCUT2D eigenvalue weighted by Crippen LogP contribution is 2.12. The van der Waals surface area contributed by atoms with Crippen LogP contribution in [-0.4, -0.2) is 11.5 Å². The maximum atomic E-state index is 11.8. The van der Waals surface area contributed by atoms with Crippen LogP contribution in [-0.2, 0) is 0 Å². The van der Waals surface area contributed by atoms with Gasteiger partial charge in [-0.3, -0.25) is 4.79 Å². The van der Waals surface area contributed by atoms with Crippen LogP contribution in [0.25, 0.3) is 10.8 Å². The van der Waals surface area contributed by atoms with E-state index < -0.39 is 0 Å². The largest absolute Gasteiger partial charge is 0.372 e. The summed E-state index contributed by atoms with van der Waals surface area (Å²) in [5, 5.41) is 4.81. The lowest BCUT2D eigenvalue weighted by Gasteiger charge is -2.06. The van der Waals surface area contributed by atoms with Crippen molar-refractivity contribution in [1.29, 1.82) is 0 Å². The van der Waals surface area contributed by atoms with Crippen molar-refractivity contribution in [2.24, 2.45) is 0 Å². The van der Waals surface area contributed by atoms with Gasteiger partial charge < -0.3 is 10.3 Å². The van der Waals surface area contributed by atoms with Crippen LogP contribution in [0.5, 0.6) is 0 Å². The average Bonchev–Trinajstić information content (AvgIpc) is 2.35. The van der Waals surface area contributed by atoms with Crippen molar-refractivity contribution in [3.05, 3.63) is 40.7 Å². The van der Waals surface area contributed by atoms with Gasteiger partial charge in [-0.25, -0.2) is 0 Å². The Bertz CT molecular complexity index is 607. The van der Waals surface area contributed by atoms with E-state index in [1.807, 2.05) is 30.3 Å². The van der Waals surface area contributed by atoms with E-state index >= 15 is 0 Å². The fourth-order valence-corrected chi connectivity index (χ4v) is 1.72. The number of aromatic nitrogens is 1. The summed E-state index contributed by atoms with van der Waals surface area (Å²) in [5.74, 6) is 3.32. The van der Waals surface area contributed by atoms with Gasteiger partial charge in [0, 0.05) is 18.4 Å². The molecule has 17 heavy (non-hydrogen) atoms. The number of anilines is 1. The second-order valence-electron chi connectivity index (χ2n) is 3.83. The van der Waals surface area contributed by atoms with Crippen molar-refractivity contribution < 1.29 is 0 Å². The molecular formula is C14H14N2O. The number of rotatable bonds is 4. The van der Waals surface area contributed by atoms with Crippen LogP contribution in [0.1, 0.15) is 12.8 Å². The molecule has 0 aliphatic rings. The third-order valence-corrected chi connectivity index (χ3v) is 2.57. The summed E-state index contributed by atoms with van der Waals surface area (Å²) in [5.41, 5.74) is -0.0671. The summed E-state index contributed by atoms with van der Waals surface area (Å²) in [7, 11) is 0. The topological polar surface area (TPSA) is 44.9 Å². The van der Waals surface area contributed by atoms with Crippen LogP contribution in [0, 0.1) is 12.3 Å². The highest BCUT2D eigenvalue weighted by atomic mass is 16.1. The van der Waals surface area contributed by atoms with Crippen LogP contribution in [0.3, 0.4) is 0 Å². The van der Waals surface area contributed by atoms with Gasteiger partial charge in [-0.05, 0) is 23.9 Å². The number of hydrogen-bond donors (Lipinski definition) is 2. The normalized spacial score (nSPS) is 10.1. The molecule has 0 bridgehead atoms. The molecule has 3 heteroatoms. The summed E-state index contributed by atoms with van der Waals surface area (Å²) < 4.78 is 0. The van der Waals surface area contributed by atoms with Crippen molar-refractivity contribution in [2.45, 2.75) is 12.8 Å². The Morgan fingerprint density at radius 2 is 2.18 bits per heavy atom. The molecular weight excluding hydrogens is 212 g/mol. The van der Waals surface area contributed by atoms with Crippen LogP contribution >= 0.6 is 0 Å². The van der Waals surface area contributed by atoms with Gasteiger partial charge in [0.1, 0.15) is 5.82 Å². The zero-order chi connectivity index (χ0) is 12.1. The van der Waals surface area contributed by atoms with Crippen molar-refractivity contribution in [2.75, 3.05) is 11.9 Å². The quantitative estimate of drug-likeness (QED) is 0.621. The molecule has 0 spiro atoms. The highest BCUT2D eigenvalue weighted by molar-refractivity contribution is 5.83. The maximum Gasteiger partial charge on any atom is 0.257 e. The van der Waals surface area contributed by atoms with Crippen molar-refractivity contribution in [3.8, 4) is 12.3 Å². The molecule has 2 rings (SSSR count). The molecule has 0 radical (unpaired) electrons. The van der Waals surface area contributed by atoms with Gasteiger partial charge in [-0.15, -0.1) is 12.3 Å². The second kappa shape index (κ2) is 5.22. The minimum absolute atomic E-state index is 0.0671. The highest BCUT2D eigenvalue weighted by Gasteiger charge is 2.00. The van der Waals surface area contributed by atoms with Gasteiger partial charge in [-0.1, -0.05) is 18.2 Å². The first-order valence-electron chi connectivity index (χ1n) is 5.60. The summed E-state index contributed by atoms with van der Waals surface area (Å²) in [4.78, 5) is 14.6. The third kappa shape index (κ3) is 2.67. The van der Waals surface area contributed by atoms with E-state index in [4.69, 9.17) is 6.42 Å². The number of unbranched alkanes of at least 4 members (excludes halogenated alkanes) is 1. The molecule has 0 saturated carbocycles. The van der Waals surface area contributed by atoms with Gasteiger partial charge in [0.2, 0.25) is 0 Å². The molecule has 0 fully saturated rings. The molecule has 0 aliphatic heterocycles. The number of hydrogen-bond acceptors (Lipinski definition) is 2. The molecule has 0 atom stereocenters. The molecule has 1 heterocycles. The second-order valence-corrected chi connectivity index (χ2v) is 3.83. The first-order valence-corrected chi connectivity index (χ1v) is 5.60. The van der Waals surface area contributed by atoms with E-state index in [-0.39, 0.29) is 5.56 Å². The fourth-order valence-electron chi connectivity index (χ4n) is 1.72. The Morgan fingerprint density at radius 1 is 1.35 bits per heavy atom. The van der Waals surface area contributed by atoms with Crippen molar-refractivity contribution in [3.63, 3.8) is 0 Å². The Balaban J connectivity index is 2.20. The van der Waals surface area contributed by atoms with E-state index in [0.29, 0.717) is 5.39 Å². The average molecular weight is 226 g/mol. The lowest BCUT2D eigenvalue weighted by atomic mass is 10.2. The molecule has 86 valence electrons. The van der Waals surface area contributed by atoms with Crippen LogP contribution in [0.15, 0.2) is 35.1 Å². The van der Waals surface area contributed by atoms with E-state index in [2.05, 4.69) is 16.2 Å². The first-order chi connectivity index (χ1) is 8.31. The molecule has 1 aromatic heterocycles. The molecule has 0 aliphatic carbocycles. The van der Waals surface area contributed by atoms with E-state index in [1.165, 1.54) is 0 Å². The lowest BCUT2D eigenvalue weighted by Crippen LogP contribution is -2.11. The minimum atomic E-state index is -0.0671. The zero-order valence-corrected chi connectivity index (χ0v) is 9.49. The number of pyridine rings is 1. The van der Waals surface area contributed by atoms with Gasteiger partial charge in [0.25, 0.3) is 5.56 Å². The molecule has 2 N–H and O–H groups in total. The Hall–Kier alpha value is -2.21. The monoisotopic (exact) mass is 226 g/mol. The number of fused-ring (bicyclic) bond motifs is 1. The Kier molecular flexibility index (Phi) is 3.46. The smallest absolute Gasteiger partial charge is 0.257 e. The van der Waals surface area contributed by atoms with Crippen LogP contribution in [0.4, 0.5) is 5.82 Å². The summed E-state index contributed by atoms with van der Waals surface area (Å²) in [6.07, 6.45) is 6.81. The Labute approximate surface area is 99.9 Å². The summed E-state index contributed by atoms with van der Waals surface area (Å²) >= 11 is 0. The van der Waals surface area contributed by atoms with E-state index in [1.54, 1.807) is 0 Å². The number of aromatic amines is 1. The maximum absolute atomic E-state index is 11.8. The van der Waals surface area contributed by atoms with Gasteiger partial charge in [0.05, 0.1) is 0 Å². The fraction of sp³-hybridized carbons (Fsp3) is 0.214. The predicted octanol–water partition coefficient (Wildman–Crippen LogP) is 2.35. The zero-order valence-electron chi connectivity index (χ0n) is 9.49. The van der Waals surface area contributed by atoms with Crippen LogP contribution < -0.4 is 10.9 Å². The SMILES string of the molecule is C#CCCCNc1cc2ccccc2c(=O)[nH]1. The first kappa shape index (κ1) is 11.3. The minimum Gasteiger partial charge on any atom is -0.372 e. The van der Waals surface area contributed by atoms with Crippen molar-refractivity contribution >= 4 is 16.6 Å².